The van der Waals surface area contributed by atoms with E-state index in [9.17, 15) is 14.4 Å². The predicted octanol–water partition coefficient (Wildman–Crippen LogP) is 1.81. The van der Waals surface area contributed by atoms with Crippen LogP contribution in [0, 0.1) is 0 Å². The SMILES string of the molecule is COC(=O)c1ccccc1N(C(=O)OC)C(=O)OC. The second kappa shape index (κ2) is 6.39. The minimum Gasteiger partial charge on any atom is -0.465 e. The fourth-order valence-corrected chi connectivity index (χ4v) is 1.41. The highest BCUT2D eigenvalue weighted by Gasteiger charge is 2.29. The number of ether oxygens (including phenoxy) is 3. The topological polar surface area (TPSA) is 82.1 Å². The number of anilines is 1. The summed E-state index contributed by atoms with van der Waals surface area (Å²) in [5.74, 6) is -0.687. The molecule has 2 amide bonds. The van der Waals surface area contributed by atoms with Crippen LogP contribution in [0.4, 0.5) is 15.3 Å². The maximum absolute atomic E-state index is 11.6. The van der Waals surface area contributed by atoms with Gasteiger partial charge in [0.05, 0.1) is 32.6 Å². The Bertz CT molecular complexity index is 483. The van der Waals surface area contributed by atoms with Crippen molar-refractivity contribution in [3.8, 4) is 0 Å². The van der Waals surface area contributed by atoms with Crippen molar-refractivity contribution in [1.29, 1.82) is 0 Å². The lowest BCUT2D eigenvalue weighted by Gasteiger charge is -2.19. The van der Waals surface area contributed by atoms with Gasteiger partial charge in [-0.1, -0.05) is 12.1 Å². The van der Waals surface area contributed by atoms with Gasteiger partial charge in [0.15, 0.2) is 0 Å². The average Bonchev–Trinajstić information content (AvgIpc) is 2.46. The number of para-hydroxylation sites is 1. The molecular weight excluding hydrogens is 254 g/mol. The van der Waals surface area contributed by atoms with Crippen LogP contribution in [0.1, 0.15) is 10.4 Å². The first-order valence-electron chi connectivity index (χ1n) is 5.20. The van der Waals surface area contributed by atoms with Gasteiger partial charge < -0.3 is 14.2 Å². The third kappa shape index (κ3) is 3.01. The Morgan fingerprint density at radius 1 is 0.895 bits per heavy atom. The molecule has 0 saturated heterocycles. The second-order valence-corrected chi connectivity index (χ2v) is 3.28. The molecule has 0 N–H and O–H groups in total. The van der Waals surface area contributed by atoms with E-state index in [1.807, 2.05) is 0 Å². The van der Waals surface area contributed by atoms with Crippen LogP contribution in [0.2, 0.25) is 0 Å². The van der Waals surface area contributed by atoms with Crippen molar-refractivity contribution in [1.82, 2.24) is 0 Å². The summed E-state index contributed by atoms with van der Waals surface area (Å²) in [6, 6.07) is 5.95. The van der Waals surface area contributed by atoms with Crippen LogP contribution in [0.3, 0.4) is 0 Å². The molecule has 0 spiro atoms. The smallest absolute Gasteiger partial charge is 0.423 e. The first-order chi connectivity index (χ1) is 9.06. The highest BCUT2D eigenvalue weighted by Crippen LogP contribution is 2.22. The lowest BCUT2D eigenvalue weighted by molar-refractivity contribution is 0.0601. The van der Waals surface area contributed by atoms with Gasteiger partial charge in [-0.15, -0.1) is 0 Å². The lowest BCUT2D eigenvalue weighted by Crippen LogP contribution is -2.37. The first-order valence-corrected chi connectivity index (χ1v) is 5.20. The number of esters is 1. The molecule has 102 valence electrons. The maximum atomic E-state index is 11.6. The van der Waals surface area contributed by atoms with E-state index < -0.39 is 18.2 Å². The lowest BCUT2D eigenvalue weighted by atomic mass is 10.1. The molecule has 1 aromatic rings. The molecule has 19 heavy (non-hydrogen) atoms. The van der Waals surface area contributed by atoms with Crippen molar-refractivity contribution in [2.45, 2.75) is 0 Å². The molecule has 0 atom stereocenters. The summed E-state index contributed by atoms with van der Waals surface area (Å²) < 4.78 is 13.6. The van der Waals surface area contributed by atoms with Gasteiger partial charge in [0, 0.05) is 0 Å². The molecular formula is C12H13NO6. The zero-order valence-electron chi connectivity index (χ0n) is 10.7. The predicted molar refractivity (Wildman–Crippen MR) is 65.1 cm³/mol. The number of hydrogen-bond acceptors (Lipinski definition) is 6. The largest absolute Gasteiger partial charge is 0.465 e. The van der Waals surface area contributed by atoms with Gasteiger partial charge in [-0.2, -0.15) is 4.90 Å². The fraction of sp³-hybridized carbons (Fsp3) is 0.250. The van der Waals surface area contributed by atoms with E-state index in [0.717, 1.165) is 14.2 Å². The van der Waals surface area contributed by atoms with Crippen molar-refractivity contribution in [3.63, 3.8) is 0 Å². The molecule has 1 aromatic carbocycles. The number of methoxy groups -OCH3 is 3. The molecule has 1 rings (SSSR count). The number of hydrogen-bond donors (Lipinski definition) is 0. The van der Waals surface area contributed by atoms with E-state index in [-0.39, 0.29) is 11.3 Å². The van der Waals surface area contributed by atoms with Gasteiger partial charge in [-0.05, 0) is 12.1 Å². The van der Waals surface area contributed by atoms with E-state index in [2.05, 4.69) is 14.2 Å². The van der Waals surface area contributed by atoms with Crippen molar-refractivity contribution in [2.24, 2.45) is 0 Å². The van der Waals surface area contributed by atoms with E-state index in [1.165, 1.54) is 19.2 Å². The summed E-state index contributed by atoms with van der Waals surface area (Å²) >= 11 is 0. The van der Waals surface area contributed by atoms with Crippen LogP contribution in [-0.2, 0) is 14.2 Å². The molecule has 0 aliphatic carbocycles. The van der Waals surface area contributed by atoms with Crippen molar-refractivity contribution in [3.05, 3.63) is 29.8 Å². The minimum atomic E-state index is -0.969. The Balaban J connectivity index is 3.34. The van der Waals surface area contributed by atoms with E-state index in [4.69, 9.17) is 0 Å². The molecule has 0 unspecified atom stereocenters. The number of amides is 2. The second-order valence-electron chi connectivity index (χ2n) is 3.28. The van der Waals surface area contributed by atoms with Gasteiger partial charge >= 0.3 is 18.2 Å². The van der Waals surface area contributed by atoms with E-state index >= 15 is 0 Å². The standard InChI is InChI=1S/C12H13NO6/c1-17-10(14)8-6-4-5-7-9(8)13(11(15)18-2)12(16)19-3/h4-7H,1-3H3. The van der Waals surface area contributed by atoms with Crippen LogP contribution in [0.25, 0.3) is 0 Å². The van der Waals surface area contributed by atoms with Crippen LogP contribution in [-0.4, -0.2) is 39.5 Å². The summed E-state index contributed by atoms with van der Waals surface area (Å²) in [4.78, 5) is 35.5. The molecule has 7 heteroatoms. The summed E-state index contributed by atoms with van der Waals surface area (Å²) in [7, 11) is 3.41. The first kappa shape index (κ1) is 14.5. The number of rotatable bonds is 2. The van der Waals surface area contributed by atoms with Crippen LogP contribution in [0.5, 0.6) is 0 Å². The number of benzene rings is 1. The Morgan fingerprint density at radius 3 is 1.89 bits per heavy atom. The minimum absolute atomic E-state index is 0.0213. The van der Waals surface area contributed by atoms with Crippen molar-refractivity contribution in [2.75, 3.05) is 26.2 Å². The maximum Gasteiger partial charge on any atom is 0.423 e. The number of nitrogens with zero attached hydrogens (tertiary/aromatic N) is 1. The van der Waals surface area contributed by atoms with Crippen LogP contribution in [0.15, 0.2) is 24.3 Å². The van der Waals surface area contributed by atoms with E-state index in [1.54, 1.807) is 12.1 Å². The summed E-state index contributed by atoms with van der Waals surface area (Å²) in [6.07, 6.45) is -1.94. The monoisotopic (exact) mass is 267 g/mol. The van der Waals surface area contributed by atoms with Crippen molar-refractivity contribution < 1.29 is 28.6 Å². The normalized spacial score (nSPS) is 9.42. The number of carbonyl (C=O) groups is 3. The zero-order valence-corrected chi connectivity index (χ0v) is 10.7. The van der Waals surface area contributed by atoms with Crippen molar-refractivity contribution >= 4 is 23.8 Å². The molecule has 0 aliphatic rings. The summed E-state index contributed by atoms with van der Waals surface area (Å²) in [5.41, 5.74) is 0.0638. The fourth-order valence-electron chi connectivity index (χ4n) is 1.41. The van der Waals surface area contributed by atoms with Gasteiger partial charge in [-0.3, -0.25) is 0 Å². The number of imide groups is 1. The zero-order chi connectivity index (χ0) is 14.4. The summed E-state index contributed by atoms with van der Waals surface area (Å²) in [6.45, 7) is 0. The highest BCUT2D eigenvalue weighted by molar-refractivity contribution is 6.13. The molecule has 0 saturated carbocycles. The van der Waals surface area contributed by atoms with Gasteiger partial charge in [0.25, 0.3) is 0 Å². The average molecular weight is 267 g/mol. The quantitative estimate of drug-likeness (QED) is 0.600. The Labute approximate surface area is 109 Å². The van der Waals surface area contributed by atoms with Gasteiger partial charge in [-0.25, -0.2) is 14.4 Å². The van der Waals surface area contributed by atoms with Gasteiger partial charge in [0.1, 0.15) is 0 Å². The third-order valence-corrected chi connectivity index (χ3v) is 2.26. The summed E-state index contributed by atoms with van der Waals surface area (Å²) in [5, 5.41) is 0. The highest BCUT2D eigenvalue weighted by atomic mass is 16.6. The molecule has 0 aromatic heterocycles. The molecule has 0 radical (unpaired) electrons. The molecule has 0 aliphatic heterocycles. The third-order valence-electron chi connectivity index (χ3n) is 2.26. The Kier molecular flexibility index (Phi) is 4.87. The molecule has 0 bridgehead atoms. The van der Waals surface area contributed by atoms with Crippen LogP contribution >= 0.6 is 0 Å². The molecule has 0 fully saturated rings. The van der Waals surface area contributed by atoms with Crippen LogP contribution < -0.4 is 4.90 Å². The van der Waals surface area contributed by atoms with Gasteiger partial charge in [0.2, 0.25) is 0 Å². The Morgan fingerprint density at radius 2 is 1.42 bits per heavy atom. The van der Waals surface area contributed by atoms with E-state index in [0.29, 0.717) is 4.90 Å². The Hall–Kier alpha value is -2.57. The molecule has 0 heterocycles. The molecule has 7 nitrogen and oxygen atoms in total. The number of carbonyl (C=O) groups excluding carboxylic acids is 3.